The normalized spacial score (nSPS) is 13.2. The number of nitrogens with zero attached hydrogens (tertiary/aromatic N) is 3. The number of nitro benzene ring substituents is 1. The zero-order valence-corrected chi connectivity index (χ0v) is 16.6. The molecule has 152 valence electrons. The number of nitrogens with one attached hydrogen (secondary N) is 1. The van der Waals surface area contributed by atoms with E-state index in [1.165, 1.54) is 11.0 Å². The van der Waals surface area contributed by atoms with Crippen molar-refractivity contribution in [3.8, 4) is 0 Å². The van der Waals surface area contributed by atoms with Crippen LogP contribution in [0.15, 0.2) is 42.5 Å². The molecule has 0 aliphatic carbocycles. The number of carbonyl (C=O) groups excluding carboxylic acids is 2. The molecule has 0 unspecified atom stereocenters. The number of anilines is 2. The molecule has 0 radical (unpaired) electrons. The zero-order valence-electron chi connectivity index (χ0n) is 16.6. The molecule has 2 aromatic carbocycles. The van der Waals surface area contributed by atoms with Gasteiger partial charge in [0.1, 0.15) is 5.69 Å². The smallest absolute Gasteiger partial charge is 0.293 e. The lowest BCUT2D eigenvalue weighted by Crippen LogP contribution is -2.23. The van der Waals surface area contributed by atoms with E-state index >= 15 is 0 Å². The lowest BCUT2D eigenvalue weighted by molar-refractivity contribution is -0.384. The summed E-state index contributed by atoms with van der Waals surface area (Å²) in [7, 11) is 3.40. The molecule has 1 aliphatic rings. The van der Waals surface area contributed by atoms with Crippen LogP contribution in [0.3, 0.4) is 0 Å². The van der Waals surface area contributed by atoms with E-state index in [4.69, 9.17) is 0 Å². The number of hydrogen-bond acceptors (Lipinski definition) is 5. The fraction of sp³-hybridized carbons (Fsp3) is 0.333. The van der Waals surface area contributed by atoms with Crippen molar-refractivity contribution < 1.29 is 14.5 Å². The van der Waals surface area contributed by atoms with Crippen LogP contribution in [0.5, 0.6) is 0 Å². The van der Waals surface area contributed by atoms with Gasteiger partial charge in [0, 0.05) is 44.5 Å². The van der Waals surface area contributed by atoms with Crippen LogP contribution in [0, 0.1) is 10.1 Å². The number of likely N-dealkylation sites (N-methyl/N-ethyl adjacent to an activating group) is 1. The predicted octanol–water partition coefficient (Wildman–Crippen LogP) is 3.08. The predicted molar refractivity (Wildman–Crippen MR) is 111 cm³/mol. The highest BCUT2D eigenvalue weighted by Gasteiger charge is 2.23. The molecule has 1 fully saturated rings. The van der Waals surface area contributed by atoms with Gasteiger partial charge in [0.2, 0.25) is 5.91 Å². The Labute approximate surface area is 169 Å². The molecule has 8 heteroatoms. The molecule has 2 aromatic rings. The minimum absolute atomic E-state index is 0.00723. The van der Waals surface area contributed by atoms with Crippen LogP contribution in [-0.4, -0.2) is 48.8 Å². The highest BCUT2D eigenvalue weighted by Crippen LogP contribution is 2.31. The Hall–Kier alpha value is -3.42. The quantitative estimate of drug-likeness (QED) is 0.598. The molecule has 0 aromatic heterocycles. The highest BCUT2D eigenvalue weighted by atomic mass is 16.6. The Bertz CT molecular complexity index is 919. The summed E-state index contributed by atoms with van der Waals surface area (Å²) in [6, 6.07) is 11.6. The topological polar surface area (TPSA) is 95.8 Å². The summed E-state index contributed by atoms with van der Waals surface area (Å²) in [6.45, 7) is 1.57. The first kappa shape index (κ1) is 20.3. The van der Waals surface area contributed by atoms with Gasteiger partial charge in [0.25, 0.3) is 11.6 Å². The Morgan fingerprint density at radius 2 is 1.76 bits per heavy atom. The van der Waals surface area contributed by atoms with Gasteiger partial charge < -0.3 is 15.1 Å². The Kier molecular flexibility index (Phi) is 6.11. The van der Waals surface area contributed by atoms with Gasteiger partial charge in [0.15, 0.2) is 0 Å². The minimum Gasteiger partial charge on any atom is -0.366 e. The molecule has 1 N–H and O–H groups in total. The van der Waals surface area contributed by atoms with Crippen LogP contribution in [-0.2, 0) is 11.2 Å². The summed E-state index contributed by atoms with van der Waals surface area (Å²) in [5.74, 6) is -0.426. The number of benzene rings is 2. The number of amides is 2. The largest absolute Gasteiger partial charge is 0.366 e. The standard InChI is InChI=1S/C21H24N4O4/c1-23(2)20(26)13-15-5-8-17(9-6-15)22-21(27)16-7-10-18(19(14-16)25(28)29)24-11-3-4-12-24/h5-10,14H,3-4,11-13H2,1-2H3,(H,22,27). The Morgan fingerprint density at radius 3 is 2.34 bits per heavy atom. The molecule has 1 aliphatic heterocycles. The zero-order chi connectivity index (χ0) is 21.0. The van der Waals surface area contributed by atoms with E-state index in [9.17, 15) is 19.7 Å². The van der Waals surface area contributed by atoms with Gasteiger partial charge in [-0.25, -0.2) is 0 Å². The average molecular weight is 396 g/mol. The highest BCUT2D eigenvalue weighted by molar-refractivity contribution is 6.05. The Balaban J connectivity index is 1.72. The third kappa shape index (κ3) is 4.90. The van der Waals surface area contributed by atoms with E-state index in [1.54, 1.807) is 50.5 Å². The van der Waals surface area contributed by atoms with Crippen LogP contribution in [0.2, 0.25) is 0 Å². The van der Waals surface area contributed by atoms with Crippen molar-refractivity contribution in [1.29, 1.82) is 0 Å². The van der Waals surface area contributed by atoms with E-state index in [2.05, 4.69) is 5.32 Å². The third-order valence-electron chi connectivity index (χ3n) is 4.95. The Morgan fingerprint density at radius 1 is 1.10 bits per heavy atom. The summed E-state index contributed by atoms with van der Waals surface area (Å²) in [5, 5.41) is 14.2. The molecule has 1 saturated heterocycles. The third-order valence-corrected chi connectivity index (χ3v) is 4.95. The minimum atomic E-state index is -0.443. The molecular weight excluding hydrogens is 372 g/mol. The van der Waals surface area contributed by atoms with Crippen LogP contribution >= 0.6 is 0 Å². The SMILES string of the molecule is CN(C)C(=O)Cc1ccc(NC(=O)c2ccc(N3CCCC3)c([N+](=O)[O-])c2)cc1. The number of hydrogen-bond donors (Lipinski definition) is 1. The average Bonchev–Trinajstić information content (AvgIpc) is 3.23. The van der Waals surface area contributed by atoms with Gasteiger partial charge in [-0.2, -0.15) is 0 Å². The first-order chi connectivity index (χ1) is 13.8. The lowest BCUT2D eigenvalue weighted by atomic mass is 10.1. The molecule has 3 rings (SSSR count). The van der Waals surface area contributed by atoms with E-state index in [1.807, 2.05) is 4.90 Å². The van der Waals surface area contributed by atoms with Crippen LogP contribution in [0.4, 0.5) is 17.1 Å². The van der Waals surface area contributed by atoms with E-state index in [0.29, 0.717) is 11.4 Å². The summed E-state index contributed by atoms with van der Waals surface area (Å²) < 4.78 is 0. The number of carbonyl (C=O) groups is 2. The van der Waals surface area contributed by atoms with E-state index in [0.717, 1.165) is 31.5 Å². The monoisotopic (exact) mass is 396 g/mol. The van der Waals surface area contributed by atoms with Crippen molar-refractivity contribution in [2.24, 2.45) is 0 Å². The summed E-state index contributed by atoms with van der Waals surface area (Å²) in [6.07, 6.45) is 2.30. The molecule has 0 saturated carbocycles. The molecule has 0 bridgehead atoms. The van der Waals surface area contributed by atoms with Gasteiger partial charge >= 0.3 is 0 Å². The molecule has 2 amide bonds. The summed E-state index contributed by atoms with van der Waals surface area (Å²) in [5.41, 5.74) is 2.12. The molecule has 0 atom stereocenters. The second-order valence-corrected chi connectivity index (χ2v) is 7.27. The van der Waals surface area contributed by atoms with Gasteiger partial charge in [-0.15, -0.1) is 0 Å². The summed E-state index contributed by atoms with van der Waals surface area (Å²) >= 11 is 0. The molecule has 1 heterocycles. The summed E-state index contributed by atoms with van der Waals surface area (Å²) in [4.78, 5) is 38.9. The molecule has 0 spiro atoms. The second kappa shape index (κ2) is 8.72. The van der Waals surface area contributed by atoms with Gasteiger partial charge in [-0.1, -0.05) is 12.1 Å². The maximum atomic E-state index is 12.6. The van der Waals surface area contributed by atoms with Gasteiger partial charge in [-0.05, 0) is 42.7 Å². The van der Waals surface area contributed by atoms with Crippen molar-refractivity contribution in [2.45, 2.75) is 19.3 Å². The number of nitro groups is 1. The second-order valence-electron chi connectivity index (χ2n) is 7.27. The van der Waals surface area contributed by atoms with Gasteiger partial charge in [-0.3, -0.25) is 19.7 Å². The van der Waals surface area contributed by atoms with Crippen molar-refractivity contribution in [1.82, 2.24) is 4.90 Å². The lowest BCUT2D eigenvalue weighted by Gasteiger charge is -2.17. The van der Waals surface area contributed by atoms with Crippen molar-refractivity contribution in [3.05, 3.63) is 63.7 Å². The van der Waals surface area contributed by atoms with Crippen LogP contribution < -0.4 is 10.2 Å². The molecule has 29 heavy (non-hydrogen) atoms. The maximum Gasteiger partial charge on any atom is 0.293 e. The van der Waals surface area contributed by atoms with Crippen molar-refractivity contribution in [3.63, 3.8) is 0 Å². The van der Waals surface area contributed by atoms with E-state index in [-0.39, 0.29) is 23.6 Å². The van der Waals surface area contributed by atoms with Crippen molar-refractivity contribution >= 4 is 28.9 Å². The maximum absolute atomic E-state index is 12.6. The first-order valence-electron chi connectivity index (χ1n) is 9.49. The van der Waals surface area contributed by atoms with Gasteiger partial charge in [0.05, 0.1) is 11.3 Å². The van der Waals surface area contributed by atoms with Crippen LogP contribution in [0.1, 0.15) is 28.8 Å². The van der Waals surface area contributed by atoms with Crippen molar-refractivity contribution in [2.75, 3.05) is 37.4 Å². The number of rotatable bonds is 6. The molecular formula is C21H24N4O4. The van der Waals surface area contributed by atoms with E-state index < -0.39 is 10.8 Å². The fourth-order valence-electron chi connectivity index (χ4n) is 3.28. The fourth-order valence-corrected chi connectivity index (χ4v) is 3.28. The van der Waals surface area contributed by atoms with Crippen LogP contribution in [0.25, 0.3) is 0 Å². The molecule has 8 nitrogen and oxygen atoms in total. The first-order valence-corrected chi connectivity index (χ1v) is 9.49.